The number of nitrogens with zero attached hydrogens (tertiary/aromatic N) is 4. The number of hydrogen-bond donors (Lipinski definition) is 0. The van der Waals surface area contributed by atoms with Crippen LogP contribution < -0.4 is 0 Å². The zero-order chi connectivity index (χ0) is 19.4. The van der Waals surface area contributed by atoms with Crippen molar-refractivity contribution in [1.29, 1.82) is 0 Å². The van der Waals surface area contributed by atoms with Crippen molar-refractivity contribution in [3.05, 3.63) is 53.7 Å². The number of rotatable bonds is 6. The second-order valence-electron chi connectivity index (χ2n) is 5.75. The third-order valence-electron chi connectivity index (χ3n) is 3.61. The van der Waals surface area contributed by atoms with Crippen molar-refractivity contribution in [2.75, 3.05) is 6.61 Å². The Balaban J connectivity index is 1.62. The molecule has 0 fully saturated rings. The van der Waals surface area contributed by atoms with Crippen LogP contribution in [0.4, 0.5) is 13.2 Å². The van der Waals surface area contributed by atoms with Crippen molar-refractivity contribution in [3.63, 3.8) is 0 Å². The van der Waals surface area contributed by atoms with Crippen molar-refractivity contribution in [1.82, 2.24) is 19.9 Å². The van der Waals surface area contributed by atoms with Crippen molar-refractivity contribution in [2.24, 2.45) is 0 Å². The fourth-order valence-corrected chi connectivity index (χ4v) is 2.34. The summed E-state index contributed by atoms with van der Waals surface area (Å²) in [6.07, 6.45) is -0.571. The molecule has 27 heavy (non-hydrogen) atoms. The molecule has 0 atom stereocenters. The number of alkyl halides is 3. The van der Waals surface area contributed by atoms with Crippen LogP contribution in [0.1, 0.15) is 23.9 Å². The van der Waals surface area contributed by atoms with E-state index in [9.17, 15) is 18.0 Å². The Hall–Kier alpha value is -3.17. The first kappa shape index (κ1) is 18.6. The van der Waals surface area contributed by atoms with Gasteiger partial charge in [0, 0.05) is 25.1 Å². The fourth-order valence-electron chi connectivity index (χ4n) is 2.34. The van der Waals surface area contributed by atoms with Gasteiger partial charge in [0.25, 0.3) is 0 Å². The van der Waals surface area contributed by atoms with Gasteiger partial charge in [-0.2, -0.15) is 23.3 Å². The first-order valence-corrected chi connectivity index (χ1v) is 7.96. The second kappa shape index (κ2) is 7.60. The third kappa shape index (κ3) is 4.93. The van der Waals surface area contributed by atoms with Crippen LogP contribution in [0.2, 0.25) is 0 Å². The van der Waals surface area contributed by atoms with Gasteiger partial charge in [0.1, 0.15) is 0 Å². The van der Waals surface area contributed by atoms with Gasteiger partial charge in [-0.1, -0.05) is 29.4 Å². The number of hydrogen-bond acceptors (Lipinski definition) is 6. The van der Waals surface area contributed by atoms with Gasteiger partial charge in [-0.15, -0.1) is 0 Å². The number of carbonyl (C=O) groups excluding carboxylic acids is 1. The summed E-state index contributed by atoms with van der Waals surface area (Å²) in [5.74, 6) is -1.83. The van der Waals surface area contributed by atoms with Crippen molar-refractivity contribution < 1.29 is 27.2 Å². The third-order valence-corrected chi connectivity index (χ3v) is 3.61. The molecule has 0 bridgehead atoms. The Kier molecular flexibility index (Phi) is 5.24. The summed E-state index contributed by atoms with van der Waals surface area (Å²) >= 11 is 0. The molecular weight excluding hydrogens is 365 g/mol. The van der Waals surface area contributed by atoms with E-state index in [1.54, 1.807) is 35.1 Å². The first-order chi connectivity index (χ1) is 12.8. The molecule has 0 spiro atoms. The van der Waals surface area contributed by atoms with Crippen LogP contribution in [0.15, 0.2) is 41.2 Å². The number of ether oxygens (including phenoxy) is 1. The molecule has 0 saturated heterocycles. The lowest BCUT2D eigenvalue weighted by atomic mass is 10.1. The molecule has 2 aromatic heterocycles. The van der Waals surface area contributed by atoms with Gasteiger partial charge < -0.3 is 9.26 Å². The van der Waals surface area contributed by atoms with Gasteiger partial charge in [0.15, 0.2) is 0 Å². The minimum atomic E-state index is -4.67. The molecule has 2 heterocycles. The lowest BCUT2D eigenvalue weighted by Gasteiger charge is -2.03. The Morgan fingerprint density at radius 1 is 1.22 bits per heavy atom. The van der Waals surface area contributed by atoms with Crippen LogP contribution in [-0.2, 0) is 28.7 Å². The average molecular weight is 380 g/mol. The van der Waals surface area contributed by atoms with E-state index in [0.29, 0.717) is 25.1 Å². The quantitative estimate of drug-likeness (QED) is 0.611. The number of benzene rings is 1. The monoisotopic (exact) mass is 380 g/mol. The van der Waals surface area contributed by atoms with E-state index in [0.717, 1.165) is 11.1 Å². The highest BCUT2D eigenvalue weighted by Crippen LogP contribution is 2.29. The molecular formula is C17H15F3N4O3. The maximum atomic E-state index is 12.5. The maximum absolute atomic E-state index is 12.5. The highest BCUT2D eigenvalue weighted by Gasteiger charge is 2.38. The van der Waals surface area contributed by atoms with Crippen LogP contribution in [0, 0.1) is 0 Å². The Bertz CT molecular complexity index is 916. The van der Waals surface area contributed by atoms with Crippen LogP contribution in [-0.4, -0.2) is 32.5 Å². The van der Waals surface area contributed by atoms with Crippen LogP contribution >= 0.6 is 0 Å². The molecule has 0 amide bonds. The van der Waals surface area contributed by atoms with Crippen molar-refractivity contribution in [2.45, 2.75) is 26.1 Å². The molecule has 0 unspecified atom stereocenters. The fraction of sp³-hybridized carbons (Fsp3) is 0.294. The molecule has 0 aliphatic carbocycles. The molecule has 0 aliphatic heterocycles. The van der Waals surface area contributed by atoms with E-state index in [1.165, 1.54) is 6.92 Å². The summed E-state index contributed by atoms with van der Waals surface area (Å²) in [6.45, 7) is 2.12. The molecule has 7 nitrogen and oxygen atoms in total. The Morgan fingerprint density at radius 2 is 1.96 bits per heavy atom. The van der Waals surface area contributed by atoms with Crippen LogP contribution in [0.5, 0.6) is 0 Å². The summed E-state index contributed by atoms with van der Waals surface area (Å²) in [6, 6.07) is 6.73. The summed E-state index contributed by atoms with van der Waals surface area (Å²) in [5, 5.41) is 7.58. The Labute approximate surface area is 151 Å². The van der Waals surface area contributed by atoms with E-state index in [1.807, 2.05) is 6.20 Å². The lowest BCUT2D eigenvalue weighted by molar-refractivity contribution is -0.159. The number of carbonyl (C=O) groups is 1. The van der Waals surface area contributed by atoms with E-state index < -0.39 is 12.1 Å². The van der Waals surface area contributed by atoms with Gasteiger partial charge in [-0.3, -0.25) is 9.48 Å². The molecule has 0 radical (unpaired) electrons. The predicted octanol–water partition coefficient (Wildman–Crippen LogP) is 3.11. The highest BCUT2D eigenvalue weighted by atomic mass is 19.4. The Morgan fingerprint density at radius 3 is 2.59 bits per heavy atom. The zero-order valence-corrected chi connectivity index (χ0v) is 14.2. The van der Waals surface area contributed by atoms with E-state index in [4.69, 9.17) is 4.74 Å². The summed E-state index contributed by atoms with van der Waals surface area (Å²) in [7, 11) is 0. The molecule has 0 saturated carbocycles. The lowest BCUT2D eigenvalue weighted by Crippen LogP contribution is -2.04. The smallest absolute Gasteiger partial charge is 0.466 e. The maximum Gasteiger partial charge on any atom is 0.471 e. The SMILES string of the molecule is CC(=O)OCCc1cnn(Cc2ccc(-c3noc(C(F)(F)F)n3)cc2)c1. The summed E-state index contributed by atoms with van der Waals surface area (Å²) < 4.78 is 48.4. The molecule has 0 N–H and O–H groups in total. The molecule has 3 aromatic rings. The van der Waals surface area contributed by atoms with Gasteiger partial charge in [-0.25, -0.2) is 0 Å². The molecule has 3 rings (SSSR count). The second-order valence-corrected chi connectivity index (χ2v) is 5.75. The van der Waals surface area contributed by atoms with Crippen LogP contribution in [0.3, 0.4) is 0 Å². The molecule has 10 heteroatoms. The number of esters is 1. The molecule has 1 aromatic carbocycles. The van der Waals surface area contributed by atoms with Crippen molar-refractivity contribution >= 4 is 5.97 Å². The normalized spacial score (nSPS) is 11.6. The molecule has 142 valence electrons. The van der Waals surface area contributed by atoms with Crippen molar-refractivity contribution in [3.8, 4) is 11.4 Å². The number of aromatic nitrogens is 4. The average Bonchev–Trinajstić information content (AvgIpc) is 3.25. The largest absolute Gasteiger partial charge is 0.471 e. The highest BCUT2D eigenvalue weighted by molar-refractivity contribution is 5.65. The van der Waals surface area contributed by atoms with E-state index in [2.05, 4.69) is 19.8 Å². The van der Waals surface area contributed by atoms with Gasteiger partial charge in [0.2, 0.25) is 5.82 Å². The number of halogens is 3. The summed E-state index contributed by atoms with van der Waals surface area (Å²) in [4.78, 5) is 14.1. The predicted molar refractivity (Wildman–Crippen MR) is 86.4 cm³/mol. The standard InChI is InChI=1S/C17H15F3N4O3/c1-11(25)26-7-6-13-8-21-24(10-13)9-12-2-4-14(5-3-12)15-22-16(27-23-15)17(18,19)20/h2-5,8,10H,6-7,9H2,1H3. The minimum absolute atomic E-state index is 0.124. The van der Waals surface area contributed by atoms with E-state index >= 15 is 0 Å². The summed E-state index contributed by atoms with van der Waals surface area (Å²) in [5.41, 5.74) is 2.24. The van der Waals surface area contributed by atoms with Gasteiger partial charge >= 0.3 is 18.0 Å². The minimum Gasteiger partial charge on any atom is -0.466 e. The molecule has 0 aliphatic rings. The topological polar surface area (TPSA) is 83.0 Å². The van der Waals surface area contributed by atoms with E-state index in [-0.39, 0.29) is 11.8 Å². The zero-order valence-electron chi connectivity index (χ0n) is 14.2. The van der Waals surface area contributed by atoms with Gasteiger partial charge in [0.05, 0.1) is 19.3 Å². The van der Waals surface area contributed by atoms with Gasteiger partial charge in [-0.05, 0) is 11.1 Å². The first-order valence-electron chi connectivity index (χ1n) is 7.96. The van der Waals surface area contributed by atoms with Crippen LogP contribution in [0.25, 0.3) is 11.4 Å².